The molecule has 6 nitrogen and oxygen atoms in total. The number of nitrogens with zero attached hydrogens (tertiary/aromatic N) is 3. The van der Waals surface area contributed by atoms with Crippen LogP contribution >= 0.6 is 12.2 Å². The number of carbonyl (C=O) groups is 1. The molecule has 0 bridgehead atoms. The highest BCUT2D eigenvalue weighted by molar-refractivity contribution is 7.80. The van der Waals surface area contributed by atoms with Crippen molar-refractivity contribution in [3.05, 3.63) is 53.1 Å². The van der Waals surface area contributed by atoms with Crippen LogP contribution in [0.2, 0.25) is 0 Å². The van der Waals surface area contributed by atoms with Crippen LogP contribution in [0, 0.1) is 13.8 Å². The molecule has 0 aromatic carbocycles. The lowest BCUT2D eigenvalue weighted by molar-refractivity contribution is -0.143. The van der Waals surface area contributed by atoms with Gasteiger partial charge in [0.05, 0.1) is 24.4 Å². The van der Waals surface area contributed by atoms with Gasteiger partial charge < -0.3 is 19.5 Å². The first-order valence-electron chi connectivity index (χ1n) is 9.28. The second-order valence-corrected chi connectivity index (χ2v) is 7.02. The molecular weight excluding hydrogens is 360 g/mol. The minimum Gasteiger partial charge on any atom is -0.465 e. The molecule has 0 saturated carbocycles. The summed E-state index contributed by atoms with van der Waals surface area (Å²) in [6, 6.07) is 7.79. The zero-order valence-electron chi connectivity index (χ0n) is 16.2. The van der Waals surface area contributed by atoms with Crippen molar-refractivity contribution >= 4 is 23.3 Å². The van der Waals surface area contributed by atoms with Gasteiger partial charge in [-0.05, 0) is 63.7 Å². The zero-order valence-corrected chi connectivity index (χ0v) is 17.0. The van der Waals surface area contributed by atoms with Gasteiger partial charge in [-0.15, -0.1) is 0 Å². The van der Waals surface area contributed by atoms with Crippen molar-refractivity contribution in [3.8, 4) is 0 Å². The van der Waals surface area contributed by atoms with Crippen LogP contribution in [-0.4, -0.2) is 38.7 Å². The molecule has 0 spiro atoms. The van der Waals surface area contributed by atoms with Gasteiger partial charge in [0.25, 0.3) is 0 Å². The van der Waals surface area contributed by atoms with Crippen LogP contribution in [0.1, 0.15) is 48.6 Å². The van der Waals surface area contributed by atoms with Crippen molar-refractivity contribution in [2.24, 2.45) is 0 Å². The number of esters is 1. The summed E-state index contributed by atoms with van der Waals surface area (Å²) in [6.07, 6.45) is 1.78. The van der Waals surface area contributed by atoms with Crippen molar-refractivity contribution in [1.29, 1.82) is 0 Å². The van der Waals surface area contributed by atoms with Crippen LogP contribution in [0.5, 0.6) is 0 Å². The predicted molar refractivity (Wildman–Crippen MR) is 108 cm³/mol. The van der Waals surface area contributed by atoms with E-state index in [4.69, 9.17) is 17.0 Å². The molecule has 1 aliphatic rings. The van der Waals surface area contributed by atoms with Gasteiger partial charge in [0.1, 0.15) is 6.54 Å². The zero-order chi connectivity index (χ0) is 19.6. The third kappa shape index (κ3) is 3.69. The molecule has 0 radical (unpaired) electrons. The fourth-order valence-corrected chi connectivity index (χ4v) is 4.18. The summed E-state index contributed by atoms with van der Waals surface area (Å²) in [5, 5.41) is 3.91. The fraction of sp³-hybridized carbons (Fsp3) is 0.450. The third-order valence-electron chi connectivity index (χ3n) is 5.05. The fourth-order valence-electron chi connectivity index (χ4n) is 3.87. The van der Waals surface area contributed by atoms with Crippen molar-refractivity contribution in [2.45, 2.75) is 46.3 Å². The molecule has 1 N–H and O–H groups in total. The maximum Gasteiger partial charge on any atom is 0.325 e. The molecule has 1 fully saturated rings. The van der Waals surface area contributed by atoms with E-state index in [2.05, 4.69) is 41.7 Å². The Balaban J connectivity index is 2.05. The average Bonchev–Trinajstić information content (AvgIpc) is 3.12. The molecule has 1 saturated heterocycles. The standard InChI is InChI=1S/C20H26N4O2S/c1-5-23-13(3)11-15(14(23)4)19-18(16-9-7-8-10-21-16)22-20(27)24(19)12-17(25)26-6-2/h7-11,18-19H,5-6,12H2,1-4H3,(H,22,27)/t18-,19+/m0/s1. The third-order valence-corrected chi connectivity index (χ3v) is 5.40. The van der Waals surface area contributed by atoms with E-state index >= 15 is 0 Å². The largest absolute Gasteiger partial charge is 0.465 e. The molecule has 3 rings (SSSR count). The number of hydrogen-bond acceptors (Lipinski definition) is 4. The van der Waals surface area contributed by atoms with E-state index in [1.54, 1.807) is 6.20 Å². The van der Waals surface area contributed by atoms with Crippen LogP contribution in [-0.2, 0) is 16.1 Å². The number of ether oxygens (including phenoxy) is 1. The van der Waals surface area contributed by atoms with Gasteiger partial charge in [-0.25, -0.2) is 0 Å². The van der Waals surface area contributed by atoms with E-state index in [1.807, 2.05) is 30.0 Å². The maximum atomic E-state index is 12.2. The number of hydrogen-bond donors (Lipinski definition) is 1. The van der Waals surface area contributed by atoms with Crippen LogP contribution < -0.4 is 5.32 Å². The summed E-state index contributed by atoms with van der Waals surface area (Å²) in [4.78, 5) is 18.7. The van der Waals surface area contributed by atoms with Gasteiger partial charge in [0, 0.05) is 24.1 Å². The smallest absolute Gasteiger partial charge is 0.325 e. The van der Waals surface area contributed by atoms with E-state index in [-0.39, 0.29) is 24.6 Å². The monoisotopic (exact) mass is 386 g/mol. The van der Waals surface area contributed by atoms with Crippen molar-refractivity contribution < 1.29 is 9.53 Å². The summed E-state index contributed by atoms with van der Waals surface area (Å²) in [5.41, 5.74) is 4.43. The topological polar surface area (TPSA) is 59.4 Å². The van der Waals surface area contributed by atoms with Gasteiger partial charge in [-0.1, -0.05) is 6.07 Å². The molecule has 144 valence electrons. The van der Waals surface area contributed by atoms with Crippen molar-refractivity contribution in [3.63, 3.8) is 0 Å². The minimum atomic E-state index is -0.280. The molecule has 2 aromatic heterocycles. The Morgan fingerprint density at radius 1 is 1.33 bits per heavy atom. The Morgan fingerprint density at radius 2 is 2.11 bits per heavy atom. The van der Waals surface area contributed by atoms with Crippen LogP contribution in [0.15, 0.2) is 30.5 Å². The second kappa shape index (κ2) is 8.08. The number of aryl methyl sites for hydroxylation is 1. The van der Waals surface area contributed by atoms with Gasteiger partial charge in [-0.2, -0.15) is 0 Å². The molecule has 27 heavy (non-hydrogen) atoms. The minimum absolute atomic E-state index is 0.115. The van der Waals surface area contributed by atoms with E-state index in [9.17, 15) is 4.79 Å². The molecule has 0 amide bonds. The summed E-state index contributed by atoms with van der Waals surface area (Å²) in [6.45, 7) is 9.52. The molecule has 2 atom stereocenters. The summed E-state index contributed by atoms with van der Waals surface area (Å²) < 4.78 is 7.44. The number of rotatable bonds is 6. The first-order chi connectivity index (χ1) is 13.0. The highest BCUT2D eigenvalue weighted by Crippen LogP contribution is 2.40. The Bertz CT molecular complexity index is 834. The van der Waals surface area contributed by atoms with Gasteiger partial charge >= 0.3 is 5.97 Å². The molecular formula is C20H26N4O2S. The average molecular weight is 387 g/mol. The van der Waals surface area contributed by atoms with Crippen LogP contribution in [0.4, 0.5) is 0 Å². The SMILES string of the molecule is CCOC(=O)CN1C(=S)N[C@@H](c2ccccn2)[C@H]1c1cc(C)n(CC)c1C. The van der Waals surface area contributed by atoms with Crippen LogP contribution in [0.3, 0.4) is 0 Å². The van der Waals surface area contributed by atoms with Crippen LogP contribution in [0.25, 0.3) is 0 Å². The summed E-state index contributed by atoms with van der Waals surface area (Å²) in [5.74, 6) is -0.280. The Kier molecular flexibility index (Phi) is 5.79. The second-order valence-electron chi connectivity index (χ2n) is 6.63. The van der Waals surface area contributed by atoms with Gasteiger partial charge in [0.15, 0.2) is 5.11 Å². The Hall–Kier alpha value is -2.41. The van der Waals surface area contributed by atoms with E-state index < -0.39 is 0 Å². The number of aromatic nitrogens is 2. The normalized spacial score (nSPS) is 19.3. The number of nitrogens with one attached hydrogen (secondary N) is 1. The number of pyridine rings is 1. The van der Waals surface area contributed by atoms with E-state index in [1.165, 1.54) is 11.4 Å². The molecule has 3 heterocycles. The Labute approximate surface area is 165 Å². The molecule has 2 aromatic rings. The first kappa shape index (κ1) is 19.4. The first-order valence-corrected chi connectivity index (χ1v) is 9.69. The quantitative estimate of drug-likeness (QED) is 0.608. The molecule has 0 unspecified atom stereocenters. The Morgan fingerprint density at radius 3 is 2.70 bits per heavy atom. The van der Waals surface area contributed by atoms with E-state index in [0.29, 0.717) is 11.7 Å². The molecule has 7 heteroatoms. The lowest BCUT2D eigenvalue weighted by Gasteiger charge is -2.27. The predicted octanol–water partition coefficient (Wildman–Crippen LogP) is 3.06. The summed E-state index contributed by atoms with van der Waals surface area (Å²) >= 11 is 5.58. The van der Waals surface area contributed by atoms with Crippen molar-refractivity contribution in [1.82, 2.24) is 19.8 Å². The van der Waals surface area contributed by atoms with Gasteiger partial charge in [0.2, 0.25) is 0 Å². The van der Waals surface area contributed by atoms with E-state index in [0.717, 1.165) is 17.8 Å². The van der Waals surface area contributed by atoms with Crippen molar-refractivity contribution in [2.75, 3.05) is 13.2 Å². The lowest BCUT2D eigenvalue weighted by Crippen LogP contribution is -2.35. The maximum absolute atomic E-state index is 12.2. The summed E-state index contributed by atoms with van der Waals surface area (Å²) in [7, 11) is 0. The highest BCUT2D eigenvalue weighted by Gasteiger charge is 2.42. The number of carbonyl (C=O) groups excluding carboxylic acids is 1. The van der Waals surface area contributed by atoms with Gasteiger partial charge in [-0.3, -0.25) is 9.78 Å². The highest BCUT2D eigenvalue weighted by atomic mass is 32.1. The lowest BCUT2D eigenvalue weighted by atomic mass is 9.97. The molecule has 0 aliphatic carbocycles. The number of thiocarbonyl (C=S) groups is 1. The molecule has 1 aliphatic heterocycles.